The highest BCUT2D eigenvalue weighted by atomic mass is 32.2. The van der Waals surface area contributed by atoms with Gasteiger partial charge in [0.15, 0.2) is 0 Å². The zero-order chi connectivity index (χ0) is 9.84. The fourth-order valence-electron chi connectivity index (χ4n) is 1.00. The Balaban J connectivity index is 3.18. The summed E-state index contributed by atoms with van der Waals surface area (Å²) in [6, 6.07) is 5.13. The average Bonchev–Trinajstić information content (AvgIpc) is 2.16. The fraction of sp³-hybridized carbons (Fsp3) is 0.250. The van der Waals surface area contributed by atoms with Crippen molar-refractivity contribution in [2.24, 2.45) is 0 Å². The lowest BCUT2D eigenvalue weighted by molar-refractivity contribution is -0.384. The van der Waals surface area contributed by atoms with E-state index in [0.29, 0.717) is 5.69 Å². The van der Waals surface area contributed by atoms with Crippen LogP contribution < -0.4 is 5.32 Å². The van der Waals surface area contributed by atoms with Crippen LogP contribution in [0.4, 0.5) is 11.4 Å². The Kier molecular flexibility index (Phi) is 3.13. The number of nitrogens with zero attached hydrogens (tertiary/aromatic N) is 1. The van der Waals surface area contributed by atoms with Crippen LogP contribution in [0.25, 0.3) is 0 Å². The van der Waals surface area contributed by atoms with Crippen LogP contribution in [0, 0.1) is 10.1 Å². The number of benzene rings is 1. The first-order chi connectivity index (χ1) is 6.19. The maximum absolute atomic E-state index is 10.6. The number of rotatable bonds is 3. The number of nitro benzene ring substituents is 1. The number of anilines is 1. The van der Waals surface area contributed by atoms with Crippen LogP contribution in [0.15, 0.2) is 23.1 Å². The van der Waals surface area contributed by atoms with Crippen LogP contribution >= 0.6 is 11.8 Å². The normalized spacial score (nSPS) is 9.69. The summed E-state index contributed by atoms with van der Waals surface area (Å²) in [6.07, 6.45) is 1.89. The summed E-state index contributed by atoms with van der Waals surface area (Å²) in [7, 11) is 1.67. The van der Waals surface area contributed by atoms with Crippen LogP contribution in [0.2, 0.25) is 0 Å². The second-order valence-corrected chi connectivity index (χ2v) is 3.27. The van der Waals surface area contributed by atoms with Gasteiger partial charge in [-0.1, -0.05) is 0 Å². The molecule has 0 amide bonds. The minimum absolute atomic E-state index is 0.120. The van der Waals surface area contributed by atoms with E-state index in [0.717, 1.165) is 4.90 Å². The molecule has 70 valence electrons. The highest BCUT2D eigenvalue weighted by Gasteiger charge is 2.12. The van der Waals surface area contributed by atoms with E-state index >= 15 is 0 Å². The molecule has 0 fully saturated rings. The van der Waals surface area contributed by atoms with E-state index in [9.17, 15) is 10.1 Å². The smallest absolute Gasteiger partial charge is 0.293 e. The van der Waals surface area contributed by atoms with Crippen molar-refractivity contribution in [3.05, 3.63) is 28.3 Å². The molecule has 1 rings (SSSR count). The molecule has 0 aliphatic heterocycles. The number of nitro groups is 1. The van der Waals surface area contributed by atoms with E-state index < -0.39 is 0 Å². The molecule has 1 aromatic carbocycles. The van der Waals surface area contributed by atoms with Crippen molar-refractivity contribution < 1.29 is 4.92 Å². The number of hydrogen-bond acceptors (Lipinski definition) is 4. The van der Waals surface area contributed by atoms with Gasteiger partial charge in [-0.3, -0.25) is 10.1 Å². The Morgan fingerprint density at radius 2 is 2.23 bits per heavy atom. The average molecular weight is 198 g/mol. The van der Waals surface area contributed by atoms with E-state index in [2.05, 4.69) is 5.32 Å². The zero-order valence-corrected chi connectivity index (χ0v) is 8.22. The van der Waals surface area contributed by atoms with Crippen molar-refractivity contribution in [3.8, 4) is 0 Å². The van der Waals surface area contributed by atoms with E-state index in [4.69, 9.17) is 0 Å². The largest absolute Gasteiger partial charge is 0.383 e. The fourth-order valence-corrected chi connectivity index (χ4v) is 1.43. The summed E-state index contributed by atoms with van der Waals surface area (Å²) in [5.41, 5.74) is 0.664. The second-order valence-electron chi connectivity index (χ2n) is 2.39. The lowest BCUT2D eigenvalue weighted by atomic mass is 10.3. The van der Waals surface area contributed by atoms with Gasteiger partial charge < -0.3 is 5.32 Å². The Bertz CT molecular complexity index is 328. The predicted octanol–water partition coefficient (Wildman–Crippen LogP) is 2.36. The maximum Gasteiger partial charge on any atom is 0.293 e. The molecule has 0 spiro atoms. The summed E-state index contributed by atoms with van der Waals surface area (Å²) in [5.74, 6) is 0. The standard InChI is InChI=1S/C8H10N2O2S/c1-9-7-4-3-6(13-2)5-8(7)10(11)12/h3-5,9H,1-2H3. The minimum Gasteiger partial charge on any atom is -0.383 e. The van der Waals surface area contributed by atoms with Crippen molar-refractivity contribution >= 4 is 23.1 Å². The van der Waals surface area contributed by atoms with Crippen molar-refractivity contribution in [2.75, 3.05) is 18.6 Å². The SMILES string of the molecule is CNc1ccc(SC)cc1[N+](=O)[O-]. The Morgan fingerprint density at radius 1 is 1.54 bits per heavy atom. The van der Waals surface area contributed by atoms with Crippen LogP contribution in [0.1, 0.15) is 0 Å². The molecule has 0 aromatic heterocycles. The first kappa shape index (κ1) is 9.85. The van der Waals surface area contributed by atoms with E-state index in [1.165, 1.54) is 11.8 Å². The van der Waals surface area contributed by atoms with Crippen LogP contribution in [-0.2, 0) is 0 Å². The molecule has 5 heteroatoms. The molecule has 0 radical (unpaired) electrons. The molecule has 0 saturated carbocycles. The van der Waals surface area contributed by atoms with Gasteiger partial charge in [0, 0.05) is 18.0 Å². The molecule has 1 aromatic rings. The lowest BCUT2D eigenvalue weighted by Gasteiger charge is -2.02. The summed E-state index contributed by atoms with van der Waals surface area (Å²) >= 11 is 1.49. The van der Waals surface area contributed by atoms with Gasteiger partial charge >= 0.3 is 0 Å². The van der Waals surface area contributed by atoms with E-state index in [1.807, 2.05) is 12.3 Å². The third kappa shape index (κ3) is 2.12. The van der Waals surface area contributed by atoms with Crippen LogP contribution in [-0.4, -0.2) is 18.2 Å². The molecule has 0 unspecified atom stereocenters. The highest BCUT2D eigenvalue weighted by Crippen LogP contribution is 2.28. The summed E-state index contributed by atoms with van der Waals surface area (Å²) in [4.78, 5) is 11.1. The Labute approximate surface area is 80.5 Å². The lowest BCUT2D eigenvalue weighted by Crippen LogP contribution is -1.96. The molecule has 0 aliphatic rings. The molecule has 0 heterocycles. The third-order valence-corrected chi connectivity index (χ3v) is 2.40. The van der Waals surface area contributed by atoms with Crippen molar-refractivity contribution in [3.63, 3.8) is 0 Å². The minimum atomic E-state index is -0.383. The first-order valence-corrected chi connectivity index (χ1v) is 4.91. The quantitative estimate of drug-likeness (QED) is 0.460. The molecule has 0 aliphatic carbocycles. The van der Waals surface area contributed by atoms with Crippen LogP contribution in [0.5, 0.6) is 0 Å². The van der Waals surface area contributed by atoms with Gasteiger partial charge in [-0.2, -0.15) is 0 Å². The second kappa shape index (κ2) is 4.13. The predicted molar refractivity (Wildman–Crippen MR) is 54.4 cm³/mol. The molecular formula is C8H10N2O2S. The Hall–Kier alpha value is -1.23. The van der Waals surface area contributed by atoms with Gasteiger partial charge in [0.1, 0.15) is 5.69 Å². The molecule has 1 N–H and O–H groups in total. The molecule has 0 bridgehead atoms. The molecular weight excluding hydrogens is 188 g/mol. The highest BCUT2D eigenvalue weighted by molar-refractivity contribution is 7.98. The maximum atomic E-state index is 10.6. The van der Waals surface area contributed by atoms with Crippen molar-refractivity contribution in [1.29, 1.82) is 0 Å². The molecule has 0 saturated heterocycles. The van der Waals surface area contributed by atoms with E-state index in [-0.39, 0.29) is 10.6 Å². The summed E-state index contributed by atoms with van der Waals surface area (Å²) < 4.78 is 0. The third-order valence-electron chi connectivity index (χ3n) is 1.67. The van der Waals surface area contributed by atoms with Crippen molar-refractivity contribution in [2.45, 2.75) is 4.90 Å². The number of thioether (sulfide) groups is 1. The van der Waals surface area contributed by atoms with Gasteiger partial charge in [0.05, 0.1) is 4.92 Å². The Morgan fingerprint density at radius 3 is 2.69 bits per heavy atom. The van der Waals surface area contributed by atoms with Gasteiger partial charge in [-0.05, 0) is 18.4 Å². The first-order valence-electron chi connectivity index (χ1n) is 3.69. The van der Waals surface area contributed by atoms with Gasteiger partial charge in [0.2, 0.25) is 0 Å². The van der Waals surface area contributed by atoms with Gasteiger partial charge in [0.25, 0.3) is 5.69 Å². The van der Waals surface area contributed by atoms with E-state index in [1.54, 1.807) is 19.2 Å². The molecule has 4 nitrogen and oxygen atoms in total. The number of hydrogen-bond donors (Lipinski definition) is 1. The molecule has 0 atom stereocenters. The monoisotopic (exact) mass is 198 g/mol. The summed E-state index contributed by atoms with van der Waals surface area (Å²) in [6.45, 7) is 0. The summed E-state index contributed by atoms with van der Waals surface area (Å²) in [5, 5.41) is 13.4. The van der Waals surface area contributed by atoms with Crippen LogP contribution in [0.3, 0.4) is 0 Å². The topological polar surface area (TPSA) is 55.2 Å². The van der Waals surface area contributed by atoms with Gasteiger partial charge in [-0.15, -0.1) is 11.8 Å². The zero-order valence-electron chi connectivity index (χ0n) is 7.40. The van der Waals surface area contributed by atoms with Crippen molar-refractivity contribution in [1.82, 2.24) is 0 Å². The molecule has 13 heavy (non-hydrogen) atoms. The number of nitrogens with one attached hydrogen (secondary N) is 1. The van der Waals surface area contributed by atoms with Gasteiger partial charge in [-0.25, -0.2) is 0 Å².